The molecular weight excluding hydrogens is 356 g/mol. The Hall–Kier alpha value is -2.38. The summed E-state index contributed by atoms with van der Waals surface area (Å²) >= 11 is 0. The van der Waals surface area contributed by atoms with Crippen LogP contribution in [0.15, 0.2) is 30.6 Å². The number of nitrogens with one attached hydrogen (secondary N) is 1. The van der Waals surface area contributed by atoms with E-state index in [4.69, 9.17) is 9.47 Å². The predicted molar refractivity (Wildman–Crippen MR) is 104 cm³/mol. The van der Waals surface area contributed by atoms with E-state index in [9.17, 15) is 4.79 Å². The average molecular weight is 382 g/mol. The molecule has 2 fully saturated rings. The summed E-state index contributed by atoms with van der Waals surface area (Å²) in [4.78, 5) is 25.8. The Morgan fingerprint density at radius 3 is 2.89 bits per heavy atom. The molecule has 3 aliphatic heterocycles. The lowest BCUT2D eigenvalue weighted by molar-refractivity contribution is -0.128. The van der Waals surface area contributed by atoms with Gasteiger partial charge in [-0.3, -0.25) is 9.69 Å². The summed E-state index contributed by atoms with van der Waals surface area (Å²) in [6.45, 7) is 2.99. The number of rotatable bonds is 3. The molecule has 4 heterocycles. The second-order valence-corrected chi connectivity index (χ2v) is 7.78. The second kappa shape index (κ2) is 6.90. The third-order valence-electron chi connectivity index (χ3n) is 6.56. The average Bonchev–Trinajstić information content (AvgIpc) is 3.37. The molecule has 0 bridgehead atoms. The molecule has 7 nitrogen and oxygen atoms in total. The number of hydrogen-bond donors (Lipinski definition) is 1. The maximum absolute atomic E-state index is 13.5. The van der Waals surface area contributed by atoms with Crippen LogP contribution in [0.5, 0.6) is 5.75 Å². The largest absolute Gasteiger partial charge is 0.495 e. The normalized spacial score (nSPS) is 24.5. The van der Waals surface area contributed by atoms with Gasteiger partial charge in [0.1, 0.15) is 5.75 Å². The Balaban J connectivity index is 1.48. The number of carbonyl (C=O) groups is 1. The first-order valence-electron chi connectivity index (χ1n) is 10.1. The highest BCUT2D eigenvalue weighted by molar-refractivity contribution is 6.00. The lowest BCUT2D eigenvalue weighted by Gasteiger charge is -2.50. The summed E-state index contributed by atoms with van der Waals surface area (Å²) in [5, 5.41) is 0. The maximum Gasteiger partial charge on any atom is 0.244 e. The van der Waals surface area contributed by atoms with Crippen LogP contribution in [0.2, 0.25) is 0 Å². The minimum Gasteiger partial charge on any atom is -0.495 e. The van der Waals surface area contributed by atoms with Gasteiger partial charge in [0.05, 0.1) is 36.4 Å². The zero-order valence-corrected chi connectivity index (χ0v) is 16.2. The highest BCUT2D eigenvalue weighted by Crippen LogP contribution is 2.45. The van der Waals surface area contributed by atoms with Gasteiger partial charge in [-0.15, -0.1) is 0 Å². The molecule has 1 N–H and O–H groups in total. The molecule has 1 atom stereocenters. The highest BCUT2D eigenvalue weighted by atomic mass is 16.5. The number of hydrogen-bond acceptors (Lipinski definition) is 5. The number of anilines is 1. The number of fused-ring (bicyclic) bond motifs is 2. The molecular formula is C21H26N4O3. The Bertz CT molecular complexity index is 874. The number of benzene rings is 1. The van der Waals surface area contributed by atoms with Gasteiger partial charge >= 0.3 is 0 Å². The van der Waals surface area contributed by atoms with Gasteiger partial charge in [0.2, 0.25) is 5.91 Å². The Labute approximate surface area is 164 Å². The Kier molecular flexibility index (Phi) is 4.36. The Morgan fingerprint density at radius 1 is 1.25 bits per heavy atom. The van der Waals surface area contributed by atoms with Crippen LogP contribution in [0, 0.1) is 0 Å². The van der Waals surface area contributed by atoms with Crippen LogP contribution in [-0.4, -0.2) is 60.2 Å². The second-order valence-electron chi connectivity index (χ2n) is 7.78. The zero-order valence-electron chi connectivity index (χ0n) is 16.2. The molecule has 0 unspecified atom stereocenters. The van der Waals surface area contributed by atoms with Crippen molar-refractivity contribution in [1.29, 1.82) is 0 Å². The van der Waals surface area contributed by atoms with Crippen LogP contribution in [0.4, 0.5) is 5.69 Å². The van der Waals surface area contributed by atoms with Crippen molar-refractivity contribution in [1.82, 2.24) is 14.9 Å². The van der Waals surface area contributed by atoms with E-state index in [2.05, 4.69) is 14.9 Å². The van der Waals surface area contributed by atoms with E-state index in [1.54, 1.807) is 13.4 Å². The maximum atomic E-state index is 13.5. The number of aromatic nitrogens is 2. The zero-order chi connectivity index (χ0) is 19.1. The van der Waals surface area contributed by atoms with Crippen molar-refractivity contribution in [2.45, 2.75) is 37.3 Å². The van der Waals surface area contributed by atoms with Crippen molar-refractivity contribution >= 4 is 11.6 Å². The van der Waals surface area contributed by atoms with E-state index in [0.29, 0.717) is 19.8 Å². The Morgan fingerprint density at radius 2 is 2.07 bits per heavy atom. The summed E-state index contributed by atoms with van der Waals surface area (Å²) < 4.78 is 11.2. The summed E-state index contributed by atoms with van der Waals surface area (Å²) in [6.07, 6.45) is 5.27. The van der Waals surface area contributed by atoms with Gasteiger partial charge < -0.3 is 19.4 Å². The van der Waals surface area contributed by atoms with Crippen LogP contribution in [0.3, 0.4) is 0 Å². The van der Waals surface area contributed by atoms with Crippen molar-refractivity contribution in [3.05, 3.63) is 42.0 Å². The van der Waals surface area contributed by atoms with Crippen molar-refractivity contribution in [3.8, 4) is 5.75 Å². The van der Waals surface area contributed by atoms with E-state index >= 15 is 0 Å². The fourth-order valence-electron chi connectivity index (χ4n) is 5.23. The number of amides is 1. The summed E-state index contributed by atoms with van der Waals surface area (Å²) in [5.41, 5.74) is 2.98. The summed E-state index contributed by atoms with van der Waals surface area (Å²) in [6, 6.07) is 7.63. The molecule has 0 radical (unpaired) electrons. The van der Waals surface area contributed by atoms with Crippen LogP contribution < -0.4 is 9.64 Å². The molecule has 1 aromatic heterocycles. The van der Waals surface area contributed by atoms with Crippen LogP contribution >= 0.6 is 0 Å². The number of H-pyrrole nitrogens is 1. The standard InChI is InChI=1S/C21H26N4O3/c1-27-18-5-3-2-4-16(18)24-10-7-17(20(24)26)25-11-6-15-19(23-14-22-15)21(25)8-12-28-13-9-21/h2-5,14,17H,6-13H2,1H3,(H,22,23)/t17-/m0/s1. The molecule has 7 heteroatoms. The number of methoxy groups -OCH3 is 1. The number of carbonyl (C=O) groups excluding carboxylic acids is 1. The number of ether oxygens (including phenoxy) is 2. The molecule has 148 valence electrons. The first-order valence-corrected chi connectivity index (χ1v) is 10.1. The van der Waals surface area contributed by atoms with Crippen molar-refractivity contribution in [2.75, 3.05) is 38.3 Å². The fraction of sp³-hybridized carbons (Fsp3) is 0.524. The first kappa shape index (κ1) is 17.7. The van der Waals surface area contributed by atoms with Gasteiger partial charge in [-0.05, 0) is 31.4 Å². The number of imidazole rings is 1. The first-order chi connectivity index (χ1) is 13.7. The van der Waals surface area contributed by atoms with Crippen molar-refractivity contribution < 1.29 is 14.3 Å². The van der Waals surface area contributed by atoms with Crippen LogP contribution in [0.25, 0.3) is 0 Å². The molecule has 0 saturated carbocycles. The SMILES string of the molecule is COc1ccccc1N1CC[C@H](N2CCc3[nH]cnc3C23CCOCC3)C1=O. The van der Waals surface area contributed by atoms with E-state index in [1.165, 1.54) is 5.69 Å². The molecule has 1 aromatic carbocycles. The van der Waals surface area contributed by atoms with Gasteiger partial charge in [0.25, 0.3) is 0 Å². The van der Waals surface area contributed by atoms with E-state index < -0.39 is 0 Å². The van der Waals surface area contributed by atoms with Crippen molar-refractivity contribution in [2.24, 2.45) is 0 Å². The summed E-state index contributed by atoms with van der Waals surface area (Å²) in [7, 11) is 1.65. The lowest BCUT2D eigenvalue weighted by atomic mass is 9.79. The van der Waals surface area contributed by atoms with Gasteiger partial charge in [-0.25, -0.2) is 4.98 Å². The fourth-order valence-corrected chi connectivity index (χ4v) is 5.23. The number of nitrogens with zero attached hydrogens (tertiary/aromatic N) is 3. The number of para-hydroxylation sites is 2. The van der Waals surface area contributed by atoms with Gasteiger partial charge in [0, 0.05) is 38.4 Å². The smallest absolute Gasteiger partial charge is 0.244 e. The quantitative estimate of drug-likeness (QED) is 0.880. The van der Waals surface area contributed by atoms with Gasteiger partial charge in [0.15, 0.2) is 0 Å². The molecule has 0 aliphatic carbocycles. The van der Waals surface area contributed by atoms with E-state index in [1.807, 2.05) is 29.2 Å². The van der Waals surface area contributed by atoms with Crippen LogP contribution in [-0.2, 0) is 21.5 Å². The molecule has 1 spiro atoms. The lowest BCUT2D eigenvalue weighted by Crippen LogP contribution is -2.59. The monoisotopic (exact) mass is 382 g/mol. The molecule has 2 aromatic rings. The molecule has 28 heavy (non-hydrogen) atoms. The third kappa shape index (κ3) is 2.57. The topological polar surface area (TPSA) is 70.7 Å². The highest BCUT2D eigenvalue weighted by Gasteiger charge is 2.51. The molecule has 1 amide bonds. The minimum atomic E-state index is -0.205. The molecule has 5 rings (SSSR count). The third-order valence-corrected chi connectivity index (χ3v) is 6.56. The minimum absolute atomic E-state index is 0.132. The molecule has 3 aliphatic rings. The summed E-state index contributed by atoms with van der Waals surface area (Å²) in [5.74, 6) is 0.903. The van der Waals surface area contributed by atoms with Gasteiger partial charge in [-0.2, -0.15) is 0 Å². The predicted octanol–water partition coefficient (Wildman–Crippen LogP) is 2.09. The molecule has 2 saturated heterocycles. The van der Waals surface area contributed by atoms with Crippen molar-refractivity contribution in [3.63, 3.8) is 0 Å². The number of aromatic amines is 1. The van der Waals surface area contributed by atoms with E-state index in [-0.39, 0.29) is 17.5 Å². The van der Waals surface area contributed by atoms with Crippen LogP contribution in [0.1, 0.15) is 30.7 Å². The van der Waals surface area contributed by atoms with Gasteiger partial charge in [-0.1, -0.05) is 12.1 Å². The van der Waals surface area contributed by atoms with E-state index in [0.717, 1.165) is 49.4 Å².